The zero-order chi connectivity index (χ0) is 10.4. The van der Waals surface area contributed by atoms with Crippen molar-refractivity contribution in [3.8, 4) is 0 Å². The molecule has 0 amide bonds. The number of benzene rings is 1. The molecule has 1 N–H and O–H groups in total. The Hall–Kier alpha value is -1.06. The van der Waals surface area contributed by atoms with Crippen LogP contribution in [0.2, 0.25) is 0 Å². The second-order valence-electron chi connectivity index (χ2n) is 2.66. The first-order valence-corrected chi connectivity index (χ1v) is 4.66. The van der Waals surface area contributed by atoms with E-state index in [4.69, 9.17) is 16.7 Å². The maximum absolute atomic E-state index is 11.2. The lowest BCUT2D eigenvalue weighted by Crippen LogP contribution is -2.13. The summed E-state index contributed by atoms with van der Waals surface area (Å²) in [5, 5.41) is 7.64. The van der Waals surface area contributed by atoms with E-state index >= 15 is 0 Å². The number of alkyl halides is 1. The molecule has 1 aromatic rings. The van der Waals surface area contributed by atoms with Gasteiger partial charge in [0, 0.05) is 0 Å². The second-order valence-corrected chi connectivity index (χ2v) is 3.10. The molecule has 1 unspecified atom stereocenters. The first kappa shape index (κ1) is 11.0. The van der Waals surface area contributed by atoms with Crippen molar-refractivity contribution in [3.05, 3.63) is 35.9 Å². The van der Waals surface area contributed by atoms with E-state index in [0.717, 1.165) is 0 Å². The fourth-order valence-electron chi connectivity index (χ4n) is 0.977. The molecule has 14 heavy (non-hydrogen) atoms. The zero-order valence-electron chi connectivity index (χ0n) is 7.52. The lowest BCUT2D eigenvalue weighted by atomic mass is 10.1. The van der Waals surface area contributed by atoms with Crippen LogP contribution < -0.4 is 0 Å². The van der Waals surface area contributed by atoms with Crippen LogP contribution in [0.1, 0.15) is 10.9 Å². The SMILES string of the molecule is O=C(OCCO)C(Cl)c1ccccc1. The molecule has 0 bridgehead atoms. The van der Waals surface area contributed by atoms with Gasteiger partial charge in [0.1, 0.15) is 6.61 Å². The minimum Gasteiger partial charge on any atom is -0.462 e. The van der Waals surface area contributed by atoms with E-state index in [1.807, 2.05) is 6.07 Å². The number of carbonyl (C=O) groups is 1. The molecule has 76 valence electrons. The van der Waals surface area contributed by atoms with Crippen LogP contribution in [0, 0.1) is 0 Å². The quantitative estimate of drug-likeness (QED) is 0.611. The summed E-state index contributed by atoms with van der Waals surface area (Å²) >= 11 is 5.84. The Kier molecular flexibility index (Phi) is 4.43. The number of rotatable bonds is 4. The van der Waals surface area contributed by atoms with Crippen LogP contribution in [-0.2, 0) is 9.53 Å². The zero-order valence-corrected chi connectivity index (χ0v) is 8.28. The Balaban J connectivity index is 2.57. The fraction of sp³-hybridized carbons (Fsp3) is 0.300. The summed E-state index contributed by atoms with van der Waals surface area (Å²) in [5.41, 5.74) is 0.692. The van der Waals surface area contributed by atoms with Crippen LogP contribution in [-0.4, -0.2) is 24.3 Å². The first-order chi connectivity index (χ1) is 6.75. The maximum atomic E-state index is 11.2. The van der Waals surface area contributed by atoms with Gasteiger partial charge in [0.05, 0.1) is 6.61 Å². The third-order valence-corrected chi connectivity index (χ3v) is 2.06. The number of carbonyl (C=O) groups excluding carboxylic acids is 1. The number of esters is 1. The third kappa shape index (κ3) is 3.01. The standard InChI is InChI=1S/C10H11ClO3/c11-9(10(13)14-7-6-12)8-4-2-1-3-5-8/h1-5,9,12H,6-7H2. The molecular weight excluding hydrogens is 204 g/mol. The minimum absolute atomic E-state index is 0.0190. The van der Waals surface area contributed by atoms with Gasteiger partial charge in [-0.05, 0) is 5.56 Å². The fourth-order valence-corrected chi connectivity index (χ4v) is 1.19. The van der Waals surface area contributed by atoms with Crippen LogP contribution in [0.3, 0.4) is 0 Å². The van der Waals surface area contributed by atoms with E-state index < -0.39 is 11.3 Å². The van der Waals surface area contributed by atoms with Gasteiger partial charge in [0.25, 0.3) is 0 Å². The summed E-state index contributed by atoms with van der Waals surface area (Å²) in [5.74, 6) is -0.535. The molecule has 0 aliphatic carbocycles. The molecule has 1 atom stereocenters. The van der Waals surface area contributed by atoms with Crippen molar-refractivity contribution >= 4 is 17.6 Å². The molecule has 1 aromatic carbocycles. The average molecular weight is 215 g/mol. The number of hydrogen-bond donors (Lipinski definition) is 1. The van der Waals surface area contributed by atoms with Gasteiger partial charge in [-0.2, -0.15) is 0 Å². The molecule has 3 nitrogen and oxygen atoms in total. The monoisotopic (exact) mass is 214 g/mol. The van der Waals surface area contributed by atoms with Crippen molar-refractivity contribution in [1.82, 2.24) is 0 Å². The largest absolute Gasteiger partial charge is 0.462 e. The summed E-state index contributed by atoms with van der Waals surface area (Å²) in [6, 6.07) is 8.93. The number of ether oxygens (including phenoxy) is 1. The van der Waals surface area contributed by atoms with E-state index in [0.29, 0.717) is 5.56 Å². The van der Waals surface area contributed by atoms with E-state index in [1.165, 1.54) is 0 Å². The topological polar surface area (TPSA) is 46.5 Å². The van der Waals surface area contributed by atoms with E-state index in [2.05, 4.69) is 4.74 Å². The van der Waals surface area contributed by atoms with Crippen molar-refractivity contribution in [2.45, 2.75) is 5.38 Å². The maximum Gasteiger partial charge on any atom is 0.328 e. The van der Waals surface area contributed by atoms with Crippen LogP contribution in [0.15, 0.2) is 30.3 Å². The molecule has 1 rings (SSSR count). The van der Waals surface area contributed by atoms with Crippen LogP contribution >= 0.6 is 11.6 Å². The molecule has 0 aromatic heterocycles. The summed E-state index contributed by atoms with van der Waals surface area (Å²) in [6.45, 7) is -0.209. The minimum atomic E-state index is -0.803. The van der Waals surface area contributed by atoms with E-state index in [9.17, 15) is 4.79 Å². The number of aliphatic hydroxyl groups is 1. The number of hydrogen-bond acceptors (Lipinski definition) is 3. The molecule has 0 saturated carbocycles. The molecule has 4 heteroatoms. The second kappa shape index (κ2) is 5.62. The van der Waals surface area contributed by atoms with Crippen LogP contribution in [0.25, 0.3) is 0 Å². The predicted octanol–water partition coefficient (Wildman–Crippen LogP) is 1.50. The molecule has 0 aliphatic heterocycles. The Morgan fingerprint density at radius 2 is 2.07 bits per heavy atom. The van der Waals surface area contributed by atoms with Crippen molar-refractivity contribution < 1.29 is 14.6 Å². The highest BCUT2D eigenvalue weighted by Gasteiger charge is 2.18. The van der Waals surface area contributed by atoms with Crippen molar-refractivity contribution in [2.75, 3.05) is 13.2 Å². The summed E-state index contributed by atoms with van der Waals surface area (Å²) in [7, 11) is 0. The molecule has 0 aliphatic rings. The Morgan fingerprint density at radius 3 is 2.64 bits per heavy atom. The summed E-state index contributed by atoms with van der Waals surface area (Å²) < 4.78 is 4.69. The van der Waals surface area contributed by atoms with Crippen molar-refractivity contribution in [1.29, 1.82) is 0 Å². The molecule has 0 saturated heterocycles. The summed E-state index contributed by atoms with van der Waals surface area (Å²) in [4.78, 5) is 11.2. The summed E-state index contributed by atoms with van der Waals surface area (Å²) in [6.07, 6.45) is 0. The van der Waals surface area contributed by atoms with Crippen molar-refractivity contribution in [3.63, 3.8) is 0 Å². The average Bonchev–Trinajstić information content (AvgIpc) is 2.26. The van der Waals surface area contributed by atoms with Gasteiger partial charge >= 0.3 is 5.97 Å². The Labute approximate surface area is 87.3 Å². The van der Waals surface area contributed by atoms with Gasteiger partial charge in [-0.1, -0.05) is 30.3 Å². The number of halogens is 1. The molecule has 0 fully saturated rings. The van der Waals surface area contributed by atoms with Crippen LogP contribution in [0.4, 0.5) is 0 Å². The lowest BCUT2D eigenvalue weighted by Gasteiger charge is -2.08. The predicted molar refractivity (Wildman–Crippen MR) is 53.1 cm³/mol. The highest BCUT2D eigenvalue weighted by atomic mass is 35.5. The van der Waals surface area contributed by atoms with Gasteiger partial charge in [-0.25, -0.2) is 0 Å². The Morgan fingerprint density at radius 1 is 1.43 bits per heavy atom. The third-order valence-electron chi connectivity index (χ3n) is 1.63. The lowest BCUT2D eigenvalue weighted by molar-refractivity contribution is -0.144. The normalized spacial score (nSPS) is 12.1. The van der Waals surface area contributed by atoms with Gasteiger partial charge < -0.3 is 9.84 Å². The number of aliphatic hydroxyl groups excluding tert-OH is 1. The van der Waals surface area contributed by atoms with Crippen molar-refractivity contribution in [2.24, 2.45) is 0 Å². The van der Waals surface area contributed by atoms with Gasteiger partial charge in [-0.15, -0.1) is 11.6 Å². The van der Waals surface area contributed by atoms with E-state index in [-0.39, 0.29) is 13.2 Å². The molecule has 0 radical (unpaired) electrons. The molecule has 0 heterocycles. The highest BCUT2D eigenvalue weighted by Crippen LogP contribution is 2.21. The van der Waals surface area contributed by atoms with Gasteiger partial charge in [-0.3, -0.25) is 4.79 Å². The Bertz CT molecular complexity index is 287. The van der Waals surface area contributed by atoms with E-state index in [1.54, 1.807) is 24.3 Å². The smallest absolute Gasteiger partial charge is 0.328 e. The van der Waals surface area contributed by atoms with Crippen LogP contribution in [0.5, 0.6) is 0 Å². The van der Waals surface area contributed by atoms with Gasteiger partial charge in [0.15, 0.2) is 5.38 Å². The molecule has 0 spiro atoms. The first-order valence-electron chi connectivity index (χ1n) is 4.22. The van der Waals surface area contributed by atoms with Gasteiger partial charge in [0.2, 0.25) is 0 Å². The molecular formula is C10H11ClO3. The highest BCUT2D eigenvalue weighted by molar-refractivity contribution is 6.29.